The van der Waals surface area contributed by atoms with Crippen LogP contribution in [0.15, 0.2) is 66.9 Å². The van der Waals surface area contributed by atoms with Crippen molar-refractivity contribution in [2.75, 3.05) is 5.32 Å². The van der Waals surface area contributed by atoms with E-state index in [4.69, 9.17) is 9.47 Å². The predicted octanol–water partition coefficient (Wildman–Crippen LogP) is 6.04. The number of hydrogen-bond donors (Lipinski definition) is 2. The lowest BCUT2D eigenvalue weighted by molar-refractivity contribution is -0.111. The Morgan fingerprint density at radius 1 is 1.00 bits per heavy atom. The van der Waals surface area contributed by atoms with Crippen LogP contribution in [0.3, 0.4) is 0 Å². The number of ether oxygens (including phenoxy) is 2. The first-order valence-electron chi connectivity index (χ1n) is 12.0. The number of anilines is 1. The van der Waals surface area contributed by atoms with E-state index in [1.54, 1.807) is 24.4 Å². The molecule has 1 aromatic heterocycles. The summed E-state index contributed by atoms with van der Waals surface area (Å²) in [7, 11) is 0. The Morgan fingerprint density at radius 2 is 1.81 bits per heavy atom. The summed E-state index contributed by atoms with van der Waals surface area (Å²) in [5.41, 5.74) is 4.42. The monoisotopic (exact) mass is 485 g/mol. The van der Waals surface area contributed by atoms with Gasteiger partial charge in [-0.1, -0.05) is 18.2 Å². The molecule has 2 N–H and O–H groups in total. The fourth-order valence-corrected chi connectivity index (χ4v) is 3.92. The van der Waals surface area contributed by atoms with Crippen molar-refractivity contribution >= 4 is 23.8 Å². The average Bonchev–Trinajstić information content (AvgIpc) is 3.29. The molecule has 1 heterocycles. The van der Waals surface area contributed by atoms with Crippen LogP contribution in [0.5, 0.6) is 11.5 Å². The van der Waals surface area contributed by atoms with Gasteiger partial charge in [0.15, 0.2) is 0 Å². The van der Waals surface area contributed by atoms with Gasteiger partial charge in [0.1, 0.15) is 17.1 Å². The Balaban J connectivity index is 1.33. The fourth-order valence-electron chi connectivity index (χ4n) is 3.92. The van der Waals surface area contributed by atoms with Gasteiger partial charge in [-0.15, -0.1) is 0 Å². The summed E-state index contributed by atoms with van der Waals surface area (Å²) in [6.45, 7) is 5.64. The molecular formula is C29H31N3O4. The highest BCUT2D eigenvalue weighted by Crippen LogP contribution is 2.25. The molecule has 1 aliphatic rings. The van der Waals surface area contributed by atoms with Gasteiger partial charge >= 0.3 is 6.09 Å². The maximum Gasteiger partial charge on any atom is 0.407 e. The molecule has 0 atom stereocenters. The molecule has 3 aromatic rings. The smallest absolute Gasteiger partial charge is 0.407 e. The number of amides is 2. The first-order chi connectivity index (χ1) is 17.2. The SMILES string of the molecule is CC(C)(C)OC(=O)NCc1cc(Oc2cccc(C=CC(=O)Nc3ccc4c(c3)CCC4)c2)ccn1. The summed E-state index contributed by atoms with van der Waals surface area (Å²) in [6, 6.07) is 17.0. The molecule has 0 spiro atoms. The van der Waals surface area contributed by atoms with Crippen molar-refractivity contribution in [3.8, 4) is 11.5 Å². The standard InChI is InChI=1S/C29H31N3O4/c1-29(2,3)36-28(34)31-19-24-18-26(14-15-30-24)35-25-9-4-6-20(16-25)10-13-27(33)32-23-12-11-21-7-5-8-22(21)17-23/h4,6,9-18H,5,7-8,19H2,1-3H3,(H,31,34)(H,32,33). The van der Waals surface area contributed by atoms with Crippen LogP contribution in [-0.2, 0) is 28.9 Å². The van der Waals surface area contributed by atoms with Crippen molar-refractivity contribution in [2.45, 2.75) is 52.2 Å². The van der Waals surface area contributed by atoms with E-state index in [0.717, 1.165) is 24.1 Å². The number of aromatic nitrogens is 1. The van der Waals surface area contributed by atoms with E-state index in [2.05, 4.69) is 27.8 Å². The van der Waals surface area contributed by atoms with Crippen LogP contribution in [0, 0.1) is 0 Å². The lowest BCUT2D eigenvalue weighted by Gasteiger charge is -2.19. The van der Waals surface area contributed by atoms with Gasteiger partial charge in [0, 0.05) is 24.0 Å². The van der Waals surface area contributed by atoms with Crippen LogP contribution < -0.4 is 15.4 Å². The summed E-state index contributed by atoms with van der Waals surface area (Å²) in [5.74, 6) is 1.02. The van der Waals surface area contributed by atoms with E-state index in [9.17, 15) is 9.59 Å². The number of alkyl carbamates (subject to hydrolysis) is 1. The lowest BCUT2D eigenvalue weighted by atomic mass is 10.1. The number of fused-ring (bicyclic) bond motifs is 1. The number of rotatable bonds is 7. The molecule has 7 heteroatoms. The Bertz CT molecular complexity index is 1280. The molecule has 0 unspecified atom stereocenters. The van der Waals surface area contributed by atoms with Crippen molar-refractivity contribution in [3.63, 3.8) is 0 Å². The topological polar surface area (TPSA) is 89.5 Å². The number of benzene rings is 2. The molecule has 36 heavy (non-hydrogen) atoms. The molecule has 0 radical (unpaired) electrons. The van der Waals surface area contributed by atoms with Gasteiger partial charge in [0.2, 0.25) is 5.91 Å². The number of pyridine rings is 1. The van der Waals surface area contributed by atoms with E-state index >= 15 is 0 Å². The Morgan fingerprint density at radius 3 is 2.64 bits per heavy atom. The second-order valence-corrected chi connectivity index (χ2v) is 9.67. The number of nitrogens with one attached hydrogen (secondary N) is 2. The highest BCUT2D eigenvalue weighted by atomic mass is 16.6. The number of carbonyl (C=O) groups excluding carboxylic acids is 2. The molecule has 4 rings (SSSR count). The third-order valence-electron chi connectivity index (χ3n) is 5.49. The first-order valence-corrected chi connectivity index (χ1v) is 12.0. The maximum atomic E-state index is 12.4. The zero-order valence-corrected chi connectivity index (χ0v) is 20.8. The normalized spacial score (nSPS) is 12.8. The summed E-state index contributed by atoms with van der Waals surface area (Å²) in [6.07, 6.45) is 7.74. The molecule has 1 aliphatic carbocycles. The molecule has 2 amide bonds. The Hall–Kier alpha value is -4.13. The van der Waals surface area contributed by atoms with Gasteiger partial charge in [0.25, 0.3) is 0 Å². The largest absolute Gasteiger partial charge is 0.457 e. The van der Waals surface area contributed by atoms with Crippen LogP contribution in [0.1, 0.15) is 49.6 Å². The molecule has 186 valence electrons. The van der Waals surface area contributed by atoms with Crippen molar-refractivity contribution in [2.24, 2.45) is 0 Å². The van der Waals surface area contributed by atoms with Crippen LogP contribution in [-0.4, -0.2) is 22.6 Å². The van der Waals surface area contributed by atoms with E-state index in [1.807, 2.05) is 51.1 Å². The maximum absolute atomic E-state index is 12.4. The summed E-state index contributed by atoms with van der Waals surface area (Å²) in [4.78, 5) is 28.5. The van der Waals surface area contributed by atoms with Gasteiger partial charge in [-0.3, -0.25) is 9.78 Å². The van der Waals surface area contributed by atoms with Crippen molar-refractivity contribution < 1.29 is 19.1 Å². The number of hydrogen-bond acceptors (Lipinski definition) is 5. The van der Waals surface area contributed by atoms with E-state index in [0.29, 0.717) is 17.2 Å². The third kappa shape index (κ3) is 7.43. The highest BCUT2D eigenvalue weighted by molar-refractivity contribution is 6.02. The van der Waals surface area contributed by atoms with Crippen molar-refractivity contribution in [3.05, 3.63) is 89.3 Å². The van der Waals surface area contributed by atoms with Crippen LogP contribution in [0.25, 0.3) is 6.08 Å². The first kappa shape index (κ1) is 25.0. The van der Waals surface area contributed by atoms with Crippen LogP contribution in [0.4, 0.5) is 10.5 Å². The zero-order chi connectivity index (χ0) is 25.5. The number of carbonyl (C=O) groups is 2. The quantitative estimate of drug-likeness (QED) is 0.398. The minimum absolute atomic E-state index is 0.185. The highest BCUT2D eigenvalue weighted by Gasteiger charge is 2.16. The molecule has 0 saturated heterocycles. The van der Waals surface area contributed by atoms with Gasteiger partial charge in [-0.05, 0) is 93.1 Å². The molecule has 0 fully saturated rings. The Labute approximate surface area is 211 Å². The van der Waals surface area contributed by atoms with Crippen molar-refractivity contribution in [1.82, 2.24) is 10.3 Å². The zero-order valence-electron chi connectivity index (χ0n) is 20.8. The number of aryl methyl sites for hydroxylation is 2. The Kier molecular flexibility index (Phi) is 7.68. The number of nitrogens with zero attached hydrogens (tertiary/aromatic N) is 1. The average molecular weight is 486 g/mol. The summed E-state index contributed by atoms with van der Waals surface area (Å²) >= 11 is 0. The molecule has 7 nitrogen and oxygen atoms in total. The van der Waals surface area contributed by atoms with Gasteiger partial charge < -0.3 is 20.1 Å². The van der Waals surface area contributed by atoms with Crippen molar-refractivity contribution in [1.29, 1.82) is 0 Å². The minimum Gasteiger partial charge on any atom is -0.457 e. The predicted molar refractivity (Wildman–Crippen MR) is 140 cm³/mol. The van der Waals surface area contributed by atoms with E-state index in [-0.39, 0.29) is 12.5 Å². The summed E-state index contributed by atoms with van der Waals surface area (Å²) < 4.78 is 11.2. The van der Waals surface area contributed by atoms with Crippen LogP contribution in [0.2, 0.25) is 0 Å². The minimum atomic E-state index is -0.565. The van der Waals surface area contributed by atoms with E-state index < -0.39 is 11.7 Å². The van der Waals surface area contributed by atoms with Gasteiger partial charge in [-0.25, -0.2) is 4.79 Å². The second-order valence-electron chi connectivity index (χ2n) is 9.67. The summed E-state index contributed by atoms with van der Waals surface area (Å²) in [5, 5.41) is 5.62. The fraction of sp³-hybridized carbons (Fsp3) is 0.276. The third-order valence-corrected chi connectivity index (χ3v) is 5.49. The molecule has 0 aliphatic heterocycles. The van der Waals surface area contributed by atoms with Gasteiger partial charge in [-0.2, -0.15) is 0 Å². The van der Waals surface area contributed by atoms with Crippen LogP contribution >= 0.6 is 0 Å². The molecule has 0 saturated carbocycles. The molecular weight excluding hydrogens is 454 g/mol. The van der Waals surface area contributed by atoms with E-state index in [1.165, 1.54) is 23.6 Å². The molecule has 2 aromatic carbocycles. The second kappa shape index (κ2) is 11.1. The van der Waals surface area contributed by atoms with Gasteiger partial charge in [0.05, 0.1) is 12.2 Å². The molecule has 0 bridgehead atoms. The lowest BCUT2D eigenvalue weighted by Crippen LogP contribution is -2.32.